The van der Waals surface area contributed by atoms with Gasteiger partial charge >= 0.3 is 0 Å². The Morgan fingerprint density at radius 3 is 2.61 bits per heavy atom. The Kier molecular flexibility index (Phi) is 4.43. The molecule has 1 amide bonds. The van der Waals surface area contributed by atoms with Crippen molar-refractivity contribution in [1.29, 1.82) is 0 Å². The number of amides is 1. The molecule has 0 saturated carbocycles. The quantitative estimate of drug-likeness (QED) is 0.486. The minimum absolute atomic E-state index is 0.201. The fraction of sp³-hybridized carbons (Fsp3) is 0.190. The lowest BCUT2D eigenvalue weighted by atomic mass is 10.0. The van der Waals surface area contributed by atoms with Crippen molar-refractivity contribution < 1.29 is 13.8 Å². The number of nitrogens with zero attached hydrogens (tertiary/aromatic N) is 2. The largest absolute Gasteiger partial charge is 0.451 e. The third-order valence-corrected chi connectivity index (χ3v) is 5.20. The van der Waals surface area contributed by atoms with Crippen LogP contribution in [0.25, 0.3) is 22.2 Å². The first-order valence-corrected chi connectivity index (χ1v) is 9.13. The molecule has 28 heavy (non-hydrogen) atoms. The van der Waals surface area contributed by atoms with E-state index >= 15 is 0 Å². The van der Waals surface area contributed by atoms with Crippen molar-refractivity contribution in [3.8, 4) is 11.3 Å². The molecule has 4 aromatic rings. The van der Waals surface area contributed by atoms with E-state index in [-0.39, 0.29) is 11.6 Å². The Hall–Kier alpha value is -3.12. The Balaban J connectivity index is 1.71. The maximum absolute atomic E-state index is 12.9. The zero-order valence-electron chi connectivity index (χ0n) is 15.9. The summed E-state index contributed by atoms with van der Waals surface area (Å²) in [6.45, 7) is 7.65. The van der Waals surface area contributed by atoms with E-state index in [1.54, 1.807) is 6.07 Å². The number of rotatable bonds is 3. The SMILES string of the molecule is Cc1ccc(C)c(-c2nonc2NC(=O)c2oc3cc(C)c(Cl)cc3c2C)c1. The zero-order chi connectivity index (χ0) is 20.0. The van der Waals surface area contributed by atoms with Crippen LogP contribution in [0, 0.1) is 27.7 Å². The molecule has 0 aliphatic rings. The van der Waals surface area contributed by atoms with Gasteiger partial charge in [-0.1, -0.05) is 29.3 Å². The molecule has 0 saturated heterocycles. The minimum Gasteiger partial charge on any atom is -0.451 e. The highest BCUT2D eigenvalue weighted by Crippen LogP contribution is 2.32. The molecule has 4 rings (SSSR count). The van der Waals surface area contributed by atoms with Gasteiger partial charge in [0.15, 0.2) is 11.5 Å². The zero-order valence-corrected chi connectivity index (χ0v) is 16.6. The van der Waals surface area contributed by atoms with Gasteiger partial charge in [0.05, 0.1) is 0 Å². The van der Waals surface area contributed by atoms with E-state index < -0.39 is 5.91 Å². The van der Waals surface area contributed by atoms with Crippen LogP contribution in [0.2, 0.25) is 5.02 Å². The number of aryl methyl sites for hydroxylation is 4. The molecule has 2 aromatic carbocycles. The van der Waals surface area contributed by atoms with Crippen molar-refractivity contribution in [1.82, 2.24) is 10.3 Å². The summed E-state index contributed by atoms with van der Waals surface area (Å²) in [7, 11) is 0. The van der Waals surface area contributed by atoms with Gasteiger partial charge in [0.2, 0.25) is 5.82 Å². The van der Waals surface area contributed by atoms with Gasteiger partial charge < -0.3 is 4.42 Å². The highest BCUT2D eigenvalue weighted by Gasteiger charge is 2.22. The van der Waals surface area contributed by atoms with Gasteiger partial charge in [-0.15, -0.1) is 0 Å². The van der Waals surface area contributed by atoms with Crippen LogP contribution in [0.3, 0.4) is 0 Å². The van der Waals surface area contributed by atoms with Gasteiger partial charge in [-0.25, -0.2) is 4.63 Å². The van der Waals surface area contributed by atoms with Crippen LogP contribution in [-0.4, -0.2) is 16.2 Å². The average Bonchev–Trinajstić information content (AvgIpc) is 3.23. The van der Waals surface area contributed by atoms with Gasteiger partial charge in [-0.05, 0) is 67.3 Å². The van der Waals surface area contributed by atoms with Crippen molar-refractivity contribution in [3.05, 3.63) is 63.4 Å². The molecule has 1 N–H and O–H groups in total. The first-order valence-electron chi connectivity index (χ1n) is 8.76. The summed E-state index contributed by atoms with van der Waals surface area (Å²) >= 11 is 6.21. The number of nitrogens with one attached hydrogen (secondary N) is 1. The number of aromatic nitrogens is 2. The molecule has 6 nitrogen and oxygen atoms in total. The molecule has 0 fully saturated rings. The van der Waals surface area contributed by atoms with Crippen molar-refractivity contribution in [2.24, 2.45) is 0 Å². The lowest BCUT2D eigenvalue weighted by Crippen LogP contribution is -2.13. The summed E-state index contributed by atoms with van der Waals surface area (Å²) < 4.78 is 10.7. The topological polar surface area (TPSA) is 81.2 Å². The normalized spacial score (nSPS) is 11.2. The molecule has 0 spiro atoms. The number of furan rings is 1. The number of carbonyl (C=O) groups excluding carboxylic acids is 1. The van der Waals surface area contributed by atoms with E-state index in [1.165, 1.54) is 0 Å². The molecule has 0 aliphatic carbocycles. The van der Waals surface area contributed by atoms with E-state index in [2.05, 4.69) is 15.6 Å². The smallest absolute Gasteiger partial charge is 0.292 e. The molecule has 2 heterocycles. The van der Waals surface area contributed by atoms with Crippen LogP contribution in [0.5, 0.6) is 0 Å². The first kappa shape index (κ1) is 18.3. The van der Waals surface area contributed by atoms with Crippen molar-refractivity contribution >= 4 is 34.3 Å². The Morgan fingerprint density at radius 2 is 1.82 bits per heavy atom. The van der Waals surface area contributed by atoms with Crippen molar-refractivity contribution in [2.75, 3.05) is 5.32 Å². The van der Waals surface area contributed by atoms with E-state index in [0.717, 1.165) is 27.6 Å². The molecule has 0 bridgehead atoms. The second-order valence-electron chi connectivity index (χ2n) is 6.89. The van der Waals surface area contributed by atoms with Crippen LogP contribution in [-0.2, 0) is 0 Å². The fourth-order valence-electron chi connectivity index (χ4n) is 3.16. The number of hydrogen-bond donors (Lipinski definition) is 1. The second kappa shape index (κ2) is 6.80. The number of anilines is 1. The Morgan fingerprint density at radius 1 is 1.04 bits per heavy atom. The summed E-state index contributed by atoms with van der Waals surface area (Å²) in [6.07, 6.45) is 0. The van der Waals surface area contributed by atoms with E-state index in [1.807, 2.05) is 52.0 Å². The number of fused-ring (bicyclic) bond motifs is 1. The summed E-state index contributed by atoms with van der Waals surface area (Å²) in [4.78, 5) is 12.9. The van der Waals surface area contributed by atoms with E-state index in [0.29, 0.717) is 21.9 Å². The van der Waals surface area contributed by atoms with Crippen molar-refractivity contribution in [3.63, 3.8) is 0 Å². The van der Waals surface area contributed by atoms with Crippen LogP contribution >= 0.6 is 11.6 Å². The van der Waals surface area contributed by atoms with Gasteiger partial charge in [-0.2, -0.15) is 0 Å². The van der Waals surface area contributed by atoms with Crippen molar-refractivity contribution in [2.45, 2.75) is 27.7 Å². The highest BCUT2D eigenvalue weighted by molar-refractivity contribution is 6.32. The average molecular weight is 396 g/mol. The summed E-state index contributed by atoms with van der Waals surface area (Å²) in [6, 6.07) is 9.60. The third-order valence-electron chi connectivity index (χ3n) is 4.79. The lowest BCUT2D eigenvalue weighted by molar-refractivity contribution is 0.0997. The Labute approximate surface area is 166 Å². The van der Waals surface area contributed by atoms with Gasteiger partial charge in [0.25, 0.3) is 5.91 Å². The molecule has 0 atom stereocenters. The van der Waals surface area contributed by atoms with Crippen LogP contribution in [0.15, 0.2) is 39.4 Å². The molecule has 0 aliphatic heterocycles. The standard InChI is InChI=1S/C21H18ClN3O3/c1-10-5-6-11(2)14(7-10)18-20(25-28-24-18)23-21(26)19-13(4)15-9-16(22)12(3)8-17(15)27-19/h5-9H,1-4H3,(H,23,25,26). The fourth-order valence-corrected chi connectivity index (χ4v) is 3.32. The minimum atomic E-state index is -0.426. The number of hydrogen-bond acceptors (Lipinski definition) is 5. The lowest BCUT2D eigenvalue weighted by Gasteiger charge is -2.06. The molecule has 0 unspecified atom stereocenters. The monoisotopic (exact) mass is 395 g/mol. The maximum atomic E-state index is 12.9. The first-order chi connectivity index (χ1) is 13.3. The molecular weight excluding hydrogens is 378 g/mol. The van der Waals surface area contributed by atoms with Gasteiger partial charge in [-0.3, -0.25) is 10.1 Å². The van der Waals surface area contributed by atoms with Gasteiger partial charge in [0.1, 0.15) is 5.58 Å². The van der Waals surface area contributed by atoms with E-state index in [4.69, 9.17) is 20.6 Å². The molecular formula is C21H18ClN3O3. The number of carbonyl (C=O) groups is 1. The molecule has 7 heteroatoms. The predicted octanol–water partition coefficient (Wildman–Crippen LogP) is 5.62. The number of halogens is 1. The molecule has 2 aromatic heterocycles. The summed E-state index contributed by atoms with van der Waals surface area (Å²) in [5.74, 6) is 0.0177. The van der Waals surface area contributed by atoms with Gasteiger partial charge in [0, 0.05) is 21.5 Å². The highest BCUT2D eigenvalue weighted by atomic mass is 35.5. The second-order valence-corrected chi connectivity index (χ2v) is 7.29. The third kappa shape index (κ3) is 3.05. The maximum Gasteiger partial charge on any atom is 0.292 e. The Bertz CT molecular complexity index is 1220. The summed E-state index contributed by atoms with van der Waals surface area (Å²) in [5, 5.41) is 12.0. The van der Waals surface area contributed by atoms with E-state index in [9.17, 15) is 4.79 Å². The molecule has 0 radical (unpaired) electrons. The van der Waals surface area contributed by atoms with Crippen LogP contribution in [0.1, 0.15) is 32.8 Å². The van der Waals surface area contributed by atoms with Crippen LogP contribution in [0.4, 0.5) is 5.82 Å². The van der Waals surface area contributed by atoms with Crippen LogP contribution < -0.4 is 5.32 Å². The predicted molar refractivity (Wildman–Crippen MR) is 108 cm³/mol. The number of benzene rings is 2. The summed E-state index contributed by atoms with van der Waals surface area (Å²) in [5.41, 5.74) is 5.59. The molecule has 142 valence electrons.